The summed E-state index contributed by atoms with van der Waals surface area (Å²) in [6.45, 7) is 6.19. The van der Waals surface area contributed by atoms with Crippen molar-refractivity contribution >= 4 is 5.78 Å². The van der Waals surface area contributed by atoms with E-state index in [2.05, 4.69) is 32.9 Å². The van der Waals surface area contributed by atoms with Crippen LogP contribution in [-0.4, -0.2) is 5.78 Å². The van der Waals surface area contributed by atoms with Gasteiger partial charge in [-0.15, -0.1) is 0 Å². The largest absolute Gasteiger partial charge is 0.293 e. The highest BCUT2D eigenvalue weighted by Gasteiger charge is 2.25. The van der Waals surface area contributed by atoms with Gasteiger partial charge in [-0.2, -0.15) is 0 Å². The molecule has 1 aromatic carbocycles. The molecule has 0 spiro atoms. The maximum absolute atomic E-state index is 12.5. The van der Waals surface area contributed by atoms with E-state index in [1.165, 1.54) is 24.8 Å². The van der Waals surface area contributed by atoms with Gasteiger partial charge in [0.05, 0.1) is 0 Å². The topological polar surface area (TPSA) is 17.1 Å². The van der Waals surface area contributed by atoms with Crippen LogP contribution in [0.25, 0.3) is 0 Å². The van der Waals surface area contributed by atoms with Crippen molar-refractivity contribution in [3.63, 3.8) is 0 Å². The van der Waals surface area contributed by atoms with Crippen LogP contribution in [0.15, 0.2) is 12.1 Å². The third-order valence-corrected chi connectivity index (χ3v) is 3.68. The van der Waals surface area contributed by atoms with Crippen LogP contribution in [0, 0.1) is 26.7 Å². The standard InChI is InChI=1S/C16H21O/c1-11-9-12(2)15(13(3)10-11)16(17)14-7-5-4-6-8-14/h9-10H,4-8H2,1-3H3. The lowest BCUT2D eigenvalue weighted by Crippen LogP contribution is -2.18. The minimum Gasteiger partial charge on any atom is -0.293 e. The third-order valence-electron chi connectivity index (χ3n) is 3.68. The molecule has 1 radical (unpaired) electrons. The Morgan fingerprint density at radius 3 is 2.00 bits per heavy atom. The van der Waals surface area contributed by atoms with Gasteiger partial charge in [-0.3, -0.25) is 4.79 Å². The summed E-state index contributed by atoms with van der Waals surface area (Å²) in [6.07, 6.45) is 5.66. The Morgan fingerprint density at radius 1 is 0.941 bits per heavy atom. The van der Waals surface area contributed by atoms with Crippen LogP contribution in [0.4, 0.5) is 0 Å². The van der Waals surface area contributed by atoms with Crippen molar-refractivity contribution in [1.82, 2.24) is 0 Å². The fourth-order valence-corrected chi connectivity index (χ4v) is 2.92. The third kappa shape index (κ3) is 2.59. The number of Topliss-reactive ketones (excluding diaryl/α,β-unsaturated/α-hetero) is 1. The zero-order valence-corrected chi connectivity index (χ0v) is 11.1. The molecule has 17 heavy (non-hydrogen) atoms. The summed E-state index contributed by atoms with van der Waals surface area (Å²) in [5.74, 6) is 1.45. The summed E-state index contributed by atoms with van der Waals surface area (Å²) in [5, 5.41) is 0. The number of benzene rings is 1. The van der Waals surface area contributed by atoms with Crippen LogP contribution in [-0.2, 0) is 0 Å². The Morgan fingerprint density at radius 2 is 1.47 bits per heavy atom. The van der Waals surface area contributed by atoms with E-state index in [-0.39, 0.29) is 0 Å². The smallest absolute Gasteiger partial charge is 0.170 e. The van der Waals surface area contributed by atoms with Crippen molar-refractivity contribution in [2.24, 2.45) is 0 Å². The molecule has 2 rings (SSSR count). The summed E-state index contributed by atoms with van der Waals surface area (Å²) in [6, 6.07) is 4.23. The average Bonchev–Trinajstić information content (AvgIpc) is 2.28. The summed E-state index contributed by atoms with van der Waals surface area (Å²) in [4.78, 5) is 12.5. The van der Waals surface area contributed by atoms with Gasteiger partial charge in [-0.05, 0) is 44.7 Å². The molecule has 0 bridgehead atoms. The molecular formula is C16H21O. The SMILES string of the molecule is Cc1cc(C)c(C(=O)[C]2CCCCC2)c(C)c1. The van der Waals surface area contributed by atoms with E-state index in [4.69, 9.17) is 0 Å². The zero-order valence-electron chi connectivity index (χ0n) is 11.1. The number of aryl methyl sites for hydroxylation is 3. The molecule has 1 aliphatic carbocycles. The lowest BCUT2D eigenvalue weighted by molar-refractivity contribution is 0.0988. The highest BCUT2D eigenvalue weighted by atomic mass is 16.1. The molecule has 0 aromatic heterocycles. The molecule has 0 saturated heterocycles. The van der Waals surface area contributed by atoms with E-state index >= 15 is 0 Å². The normalized spacial score (nSPS) is 17.1. The van der Waals surface area contributed by atoms with Crippen molar-refractivity contribution in [3.05, 3.63) is 40.3 Å². The predicted octanol–water partition coefficient (Wildman–Crippen LogP) is 4.33. The molecule has 1 nitrogen and oxygen atoms in total. The van der Waals surface area contributed by atoms with Crippen LogP contribution in [0.1, 0.15) is 59.2 Å². The fraction of sp³-hybridized carbons (Fsp3) is 0.500. The van der Waals surface area contributed by atoms with E-state index in [9.17, 15) is 4.79 Å². The van der Waals surface area contributed by atoms with Gasteiger partial charge in [0, 0.05) is 11.5 Å². The number of ketones is 1. The van der Waals surface area contributed by atoms with E-state index in [0.717, 1.165) is 35.4 Å². The summed E-state index contributed by atoms with van der Waals surface area (Å²) < 4.78 is 0. The molecule has 0 aliphatic heterocycles. The molecule has 0 unspecified atom stereocenters. The molecule has 91 valence electrons. The Labute approximate surface area is 104 Å². The number of carbonyl (C=O) groups is 1. The second-order valence-corrected chi connectivity index (χ2v) is 5.27. The highest BCUT2D eigenvalue weighted by molar-refractivity contribution is 6.08. The minimum atomic E-state index is 0.305. The molecule has 0 heterocycles. The number of hydrogen-bond donors (Lipinski definition) is 0. The van der Waals surface area contributed by atoms with E-state index in [1.807, 2.05) is 0 Å². The van der Waals surface area contributed by atoms with Crippen LogP contribution in [0.2, 0.25) is 0 Å². The second-order valence-electron chi connectivity index (χ2n) is 5.27. The first-order valence-corrected chi connectivity index (χ1v) is 6.57. The molecule has 0 N–H and O–H groups in total. The fourth-order valence-electron chi connectivity index (χ4n) is 2.92. The predicted molar refractivity (Wildman–Crippen MR) is 71.3 cm³/mol. The maximum atomic E-state index is 12.5. The molecule has 1 aliphatic rings. The van der Waals surface area contributed by atoms with E-state index in [0.29, 0.717) is 5.78 Å². The maximum Gasteiger partial charge on any atom is 0.170 e. The Kier molecular flexibility index (Phi) is 3.66. The molecule has 0 amide bonds. The van der Waals surface area contributed by atoms with Gasteiger partial charge in [-0.1, -0.05) is 37.0 Å². The molecule has 0 atom stereocenters. The van der Waals surface area contributed by atoms with Gasteiger partial charge in [0.1, 0.15) is 0 Å². The highest BCUT2D eigenvalue weighted by Crippen LogP contribution is 2.31. The quantitative estimate of drug-likeness (QED) is 0.690. The van der Waals surface area contributed by atoms with Crippen molar-refractivity contribution < 1.29 is 4.79 Å². The molecule has 1 heteroatoms. The first kappa shape index (κ1) is 12.3. The van der Waals surface area contributed by atoms with Gasteiger partial charge in [0.2, 0.25) is 0 Å². The van der Waals surface area contributed by atoms with Crippen molar-refractivity contribution in [3.8, 4) is 0 Å². The monoisotopic (exact) mass is 229 g/mol. The van der Waals surface area contributed by atoms with Crippen molar-refractivity contribution in [1.29, 1.82) is 0 Å². The van der Waals surface area contributed by atoms with Gasteiger partial charge in [-0.25, -0.2) is 0 Å². The first-order valence-electron chi connectivity index (χ1n) is 6.57. The Bertz CT molecular complexity index is 402. The molecule has 1 aromatic rings. The first-order chi connectivity index (χ1) is 8.09. The van der Waals surface area contributed by atoms with Gasteiger partial charge in [0.15, 0.2) is 5.78 Å². The van der Waals surface area contributed by atoms with Crippen LogP contribution >= 0.6 is 0 Å². The summed E-state index contributed by atoms with van der Waals surface area (Å²) >= 11 is 0. The van der Waals surface area contributed by atoms with E-state index < -0.39 is 0 Å². The summed E-state index contributed by atoms with van der Waals surface area (Å²) in [7, 11) is 0. The number of rotatable bonds is 2. The Hall–Kier alpha value is -1.11. The van der Waals surface area contributed by atoms with Crippen LogP contribution < -0.4 is 0 Å². The van der Waals surface area contributed by atoms with E-state index in [1.54, 1.807) is 0 Å². The molecule has 1 saturated carbocycles. The summed E-state index contributed by atoms with van der Waals surface area (Å²) in [5.41, 5.74) is 4.45. The van der Waals surface area contributed by atoms with Crippen molar-refractivity contribution in [2.75, 3.05) is 0 Å². The lowest BCUT2D eigenvalue weighted by Gasteiger charge is -2.21. The second kappa shape index (κ2) is 5.03. The van der Waals surface area contributed by atoms with Crippen LogP contribution in [0.5, 0.6) is 0 Å². The van der Waals surface area contributed by atoms with Gasteiger partial charge in [0.25, 0.3) is 0 Å². The average molecular weight is 229 g/mol. The van der Waals surface area contributed by atoms with Gasteiger partial charge >= 0.3 is 0 Å². The minimum absolute atomic E-state index is 0.305. The number of hydrogen-bond acceptors (Lipinski definition) is 1. The Balaban J connectivity index is 2.30. The van der Waals surface area contributed by atoms with Crippen molar-refractivity contribution in [2.45, 2.75) is 52.9 Å². The van der Waals surface area contributed by atoms with Gasteiger partial charge < -0.3 is 0 Å². The van der Waals surface area contributed by atoms with Crippen LogP contribution in [0.3, 0.4) is 0 Å². The molecule has 1 fully saturated rings. The molecular weight excluding hydrogens is 208 g/mol. The lowest BCUT2D eigenvalue weighted by atomic mass is 9.81. The number of carbonyl (C=O) groups excluding carboxylic acids is 1. The zero-order chi connectivity index (χ0) is 12.4.